The molecule has 0 amide bonds. The van der Waals surface area contributed by atoms with Crippen LogP contribution in [0.5, 0.6) is 0 Å². The lowest BCUT2D eigenvalue weighted by Gasteiger charge is -2.21. The van der Waals surface area contributed by atoms with E-state index in [4.69, 9.17) is 0 Å². The van der Waals surface area contributed by atoms with Gasteiger partial charge in [-0.15, -0.1) is 0 Å². The van der Waals surface area contributed by atoms with Crippen molar-refractivity contribution in [3.63, 3.8) is 0 Å². The van der Waals surface area contributed by atoms with Gasteiger partial charge in [0.05, 0.1) is 0 Å². The molecule has 0 N–H and O–H groups in total. The summed E-state index contributed by atoms with van der Waals surface area (Å²) in [6.07, 6.45) is 0. The molecule has 0 spiro atoms. The lowest BCUT2D eigenvalue weighted by Crippen LogP contribution is -2.52. The zero-order valence-corrected chi connectivity index (χ0v) is 20.1. The van der Waals surface area contributed by atoms with E-state index in [9.17, 15) is 0 Å². The Kier molecular flexibility index (Phi) is 4.50. The van der Waals surface area contributed by atoms with E-state index in [2.05, 4.69) is 137 Å². The van der Waals surface area contributed by atoms with Crippen LogP contribution in [-0.4, -0.2) is 6.71 Å². The molecule has 7 aromatic carbocycles. The zero-order chi connectivity index (χ0) is 22.6. The minimum Gasteiger partial charge on any atom is -0.0686 e. The van der Waals surface area contributed by atoms with Crippen LogP contribution in [0, 0.1) is 0 Å². The summed E-state index contributed by atoms with van der Waals surface area (Å²) in [5, 5.41) is 10.6. The number of fused-ring (bicyclic) bond motifs is 3. The van der Waals surface area contributed by atoms with Crippen LogP contribution in [0.2, 0.25) is 0 Å². The van der Waals surface area contributed by atoms with Crippen LogP contribution >= 0.6 is 15.9 Å². The Bertz CT molecular complexity index is 1770. The van der Waals surface area contributed by atoms with Crippen molar-refractivity contribution in [1.29, 1.82) is 0 Å². The highest BCUT2D eigenvalue weighted by Crippen LogP contribution is 2.42. The normalized spacial score (nSPS) is 11.7. The van der Waals surface area contributed by atoms with Crippen molar-refractivity contribution in [1.82, 2.24) is 0 Å². The molecule has 0 aliphatic heterocycles. The maximum absolute atomic E-state index is 3.88. The molecule has 0 saturated carbocycles. The zero-order valence-electron chi connectivity index (χ0n) is 18.5. The molecule has 34 heavy (non-hydrogen) atoms. The average molecular weight is 495 g/mol. The van der Waals surface area contributed by atoms with Crippen molar-refractivity contribution in [2.45, 2.75) is 0 Å². The monoisotopic (exact) mass is 494 g/mol. The Morgan fingerprint density at radius 2 is 0.971 bits per heavy atom. The number of benzene rings is 7. The summed E-state index contributed by atoms with van der Waals surface area (Å²) in [6, 6.07) is 44.3. The predicted octanol–water partition coefficient (Wildman–Crippen LogP) is 7.02. The van der Waals surface area contributed by atoms with Crippen LogP contribution in [0.3, 0.4) is 0 Å². The highest BCUT2D eigenvalue weighted by Gasteiger charge is 2.25. The van der Waals surface area contributed by atoms with Crippen molar-refractivity contribution in [3.05, 3.63) is 126 Å². The van der Waals surface area contributed by atoms with Gasteiger partial charge in [0.15, 0.2) is 0 Å². The molecule has 2 heteroatoms. The Balaban J connectivity index is 1.67. The van der Waals surface area contributed by atoms with Crippen molar-refractivity contribution < 1.29 is 0 Å². The molecule has 0 radical (unpaired) electrons. The Hall–Kier alpha value is -3.62. The molecule has 0 bridgehead atoms. The van der Waals surface area contributed by atoms with E-state index >= 15 is 0 Å². The van der Waals surface area contributed by atoms with E-state index in [0.29, 0.717) is 0 Å². The second-order valence-corrected chi connectivity index (χ2v) is 9.87. The molecular formula is C32H20BBr. The van der Waals surface area contributed by atoms with E-state index < -0.39 is 0 Å². The highest BCUT2D eigenvalue weighted by atomic mass is 79.9. The summed E-state index contributed by atoms with van der Waals surface area (Å²) >= 11 is 3.88. The van der Waals surface area contributed by atoms with Gasteiger partial charge in [-0.1, -0.05) is 148 Å². The molecule has 7 rings (SSSR count). The van der Waals surface area contributed by atoms with Gasteiger partial charge in [0.1, 0.15) is 0 Å². The molecule has 0 aliphatic carbocycles. The van der Waals surface area contributed by atoms with Crippen molar-refractivity contribution in [2.24, 2.45) is 0 Å². The fourth-order valence-corrected chi connectivity index (χ4v) is 6.32. The number of hydrogen-bond donors (Lipinski definition) is 0. The molecular weight excluding hydrogens is 475 g/mol. The maximum atomic E-state index is 3.88. The summed E-state index contributed by atoms with van der Waals surface area (Å²) in [5.74, 6) is 0. The third kappa shape index (κ3) is 2.85. The predicted molar refractivity (Wildman–Crippen MR) is 153 cm³/mol. The average Bonchev–Trinajstić information content (AvgIpc) is 2.90. The molecule has 0 aromatic heterocycles. The quantitative estimate of drug-likeness (QED) is 0.141. The van der Waals surface area contributed by atoms with Crippen molar-refractivity contribution in [3.8, 4) is 0 Å². The van der Waals surface area contributed by atoms with E-state index in [1.54, 1.807) is 0 Å². The van der Waals surface area contributed by atoms with Crippen LogP contribution in [0.25, 0.3) is 43.1 Å². The summed E-state index contributed by atoms with van der Waals surface area (Å²) in [6.45, 7) is 0.168. The fraction of sp³-hybridized carbons (Fsp3) is 0. The summed E-state index contributed by atoms with van der Waals surface area (Å²) in [7, 11) is 0. The minimum absolute atomic E-state index is 0.168. The highest BCUT2D eigenvalue weighted by molar-refractivity contribution is 9.10. The van der Waals surface area contributed by atoms with Crippen LogP contribution in [-0.2, 0) is 0 Å². The van der Waals surface area contributed by atoms with Crippen LogP contribution in [0.4, 0.5) is 0 Å². The molecule has 0 heterocycles. The first-order valence-electron chi connectivity index (χ1n) is 11.7. The van der Waals surface area contributed by atoms with Gasteiger partial charge in [-0.2, -0.15) is 0 Å². The second kappa shape index (κ2) is 7.72. The van der Waals surface area contributed by atoms with Gasteiger partial charge in [-0.25, -0.2) is 0 Å². The smallest absolute Gasteiger partial charge is 0.0686 e. The van der Waals surface area contributed by atoms with E-state index in [1.807, 2.05) is 0 Å². The van der Waals surface area contributed by atoms with Crippen molar-refractivity contribution >= 4 is 82.1 Å². The molecule has 0 aliphatic rings. The Morgan fingerprint density at radius 3 is 1.68 bits per heavy atom. The number of rotatable bonds is 3. The molecule has 0 unspecified atom stereocenters. The lowest BCUT2D eigenvalue weighted by atomic mass is 9.36. The topological polar surface area (TPSA) is 0 Å². The summed E-state index contributed by atoms with van der Waals surface area (Å²) in [4.78, 5) is 0. The molecule has 0 saturated heterocycles. The van der Waals surface area contributed by atoms with Gasteiger partial charge in [-0.05, 0) is 43.8 Å². The van der Waals surface area contributed by atoms with Crippen LogP contribution in [0.1, 0.15) is 0 Å². The van der Waals surface area contributed by atoms with Gasteiger partial charge < -0.3 is 0 Å². The molecule has 7 aromatic rings. The standard InChI is InChI=1S/C32H20BBr/c34-29-20-16-21-15-17-27-28(33(22-9-3-1-4-10-22)23-11-5-2-6-12-23)19-18-26-24-13-7-8-14-25(24)32(29)30(21)31(26)27/h1-20H. The minimum atomic E-state index is 0.168. The third-order valence-corrected chi connectivity index (χ3v) is 7.87. The number of hydrogen-bond acceptors (Lipinski definition) is 0. The first-order chi connectivity index (χ1) is 16.8. The van der Waals surface area contributed by atoms with E-state index in [-0.39, 0.29) is 6.71 Å². The Morgan fingerprint density at radius 1 is 0.412 bits per heavy atom. The largest absolute Gasteiger partial charge is 0.241 e. The number of halogens is 1. The van der Waals surface area contributed by atoms with Crippen LogP contribution < -0.4 is 16.4 Å². The fourth-order valence-electron chi connectivity index (χ4n) is 5.78. The Labute approximate surface area is 207 Å². The third-order valence-electron chi connectivity index (χ3n) is 7.21. The maximum Gasteiger partial charge on any atom is 0.241 e. The SMILES string of the molecule is Brc1ccc2ccc3c(B(c4ccccc4)c4ccccc4)ccc4c5ccccc5c1c2c34. The molecule has 0 nitrogen and oxygen atoms in total. The van der Waals surface area contributed by atoms with E-state index in [1.165, 1.54) is 59.5 Å². The first-order valence-corrected chi connectivity index (χ1v) is 12.5. The van der Waals surface area contributed by atoms with Gasteiger partial charge >= 0.3 is 0 Å². The van der Waals surface area contributed by atoms with Gasteiger partial charge in [-0.3, -0.25) is 0 Å². The first kappa shape index (κ1) is 19.8. The van der Waals surface area contributed by atoms with Gasteiger partial charge in [0.25, 0.3) is 0 Å². The van der Waals surface area contributed by atoms with Gasteiger partial charge in [0.2, 0.25) is 6.71 Å². The lowest BCUT2D eigenvalue weighted by molar-refractivity contribution is 1.73. The van der Waals surface area contributed by atoms with E-state index in [0.717, 1.165) is 4.47 Å². The van der Waals surface area contributed by atoms with Crippen molar-refractivity contribution in [2.75, 3.05) is 0 Å². The second-order valence-electron chi connectivity index (χ2n) is 9.01. The summed E-state index contributed by atoms with van der Waals surface area (Å²) in [5.41, 5.74) is 3.98. The summed E-state index contributed by atoms with van der Waals surface area (Å²) < 4.78 is 1.15. The molecule has 0 fully saturated rings. The molecule has 158 valence electrons. The molecule has 0 atom stereocenters. The van der Waals surface area contributed by atoms with Gasteiger partial charge in [0, 0.05) is 9.86 Å². The van der Waals surface area contributed by atoms with Crippen LogP contribution in [0.15, 0.2) is 126 Å².